The molecule has 1 aromatic rings. The summed E-state index contributed by atoms with van der Waals surface area (Å²) in [6, 6.07) is 0. The van der Waals surface area contributed by atoms with Crippen LogP contribution < -0.4 is 9.47 Å². The minimum Gasteiger partial charge on any atom is -0.487 e. The highest BCUT2D eigenvalue weighted by Gasteiger charge is 2.28. The van der Waals surface area contributed by atoms with E-state index in [1.165, 1.54) is 0 Å². The van der Waals surface area contributed by atoms with E-state index in [1.54, 1.807) is 0 Å². The zero-order valence-corrected chi connectivity index (χ0v) is 13.3. The molecule has 0 radical (unpaired) electrons. The third-order valence-electron chi connectivity index (χ3n) is 3.07. The summed E-state index contributed by atoms with van der Waals surface area (Å²) < 4.78 is 65.0. The third kappa shape index (κ3) is 4.78. The minimum atomic E-state index is -1.57. The van der Waals surface area contributed by atoms with Crippen LogP contribution in [-0.4, -0.2) is 13.2 Å². The molecule has 0 heterocycles. The van der Waals surface area contributed by atoms with Gasteiger partial charge < -0.3 is 9.47 Å². The first-order valence-corrected chi connectivity index (χ1v) is 7.37. The maximum absolute atomic E-state index is 13.8. The molecule has 0 spiro atoms. The monoisotopic (exact) mass is 322 g/mol. The van der Waals surface area contributed by atoms with Gasteiger partial charge in [0.1, 0.15) is 0 Å². The fraction of sp³-hybridized carbons (Fsp3) is 0.625. The summed E-state index contributed by atoms with van der Waals surface area (Å²) in [5, 5.41) is 0. The first-order chi connectivity index (χ1) is 10.3. The Kier molecular flexibility index (Phi) is 6.97. The molecular formula is C16H22F4O2. The SMILES string of the molecule is CC(C)CCOc1c(F)c(F)c(OCCC(C)C)c(F)c1F. The number of benzene rings is 1. The van der Waals surface area contributed by atoms with Crippen LogP contribution in [0.25, 0.3) is 0 Å². The molecular weight excluding hydrogens is 300 g/mol. The Labute approximate surface area is 128 Å². The second kappa shape index (κ2) is 8.25. The molecule has 0 aliphatic heterocycles. The molecule has 0 aromatic heterocycles. The third-order valence-corrected chi connectivity index (χ3v) is 3.07. The van der Waals surface area contributed by atoms with Crippen molar-refractivity contribution in [1.82, 2.24) is 0 Å². The van der Waals surface area contributed by atoms with Gasteiger partial charge in [0, 0.05) is 0 Å². The summed E-state index contributed by atoms with van der Waals surface area (Å²) in [5.41, 5.74) is 0. The van der Waals surface area contributed by atoms with Crippen molar-refractivity contribution < 1.29 is 27.0 Å². The Morgan fingerprint density at radius 1 is 0.636 bits per heavy atom. The second-order valence-electron chi connectivity index (χ2n) is 5.98. The van der Waals surface area contributed by atoms with Gasteiger partial charge in [-0.15, -0.1) is 0 Å². The van der Waals surface area contributed by atoms with Gasteiger partial charge in [0.25, 0.3) is 0 Å². The van der Waals surface area contributed by atoms with Crippen LogP contribution in [0.15, 0.2) is 0 Å². The van der Waals surface area contributed by atoms with Crippen molar-refractivity contribution in [1.29, 1.82) is 0 Å². The highest BCUT2D eigenvalue weighted by atomic mass is 19.2. The Morgan fingerprint density at radius 2 is 0.909 bits per heavy atom. The lowest BCUT2D eigenvalue weighted by molar-refractivity contribution is 0.228. The van der Waals surface area contributed by atoms with Gasteiger partial charge in [0.05, 0.1) is 13.2 Å². The highest BCUT2D eigenvalue weighted by Crippen LogP contribution is 2.34. The number of halogens is 4. The fourth-order valence-electron chi connectivity index (χ4n) is 1.64. The lowest BCUT2D eigenvalue weighted by atomic mass is 10.1. The van der Waals surface area contributed by atoms with Crippen molar-refractivity contribution in [2.24, 2.45) is 11.8 Å². The highest BCUT2D eigenvalue weighted by molar-refractivity contribution is 5.38. The van der Waals surface area contributed by atoms with Crippen LogP contribution in [0.5, 0.6) is 11.5 Å². The molecule has 0 fully saturated rings. The lowest BCUT2D eigenvalue weighted by Crippen LogP contribution is -2.11. The van der Waals surface area contributed by atoms with E-state index < -0.39 is 34.8 Å². The van der Waals surface area contributed by atoms with E-state index in [9.17, 15) is 17.6 Å². The summed E-state index contributed by atoms with van der Waals surface area (Å²) >= 11 is 0. The molecule has 6 heteroatoms. The molecule has 0 aliphatic rings. The maximum Gasteiger partial charge on any atom is 0.207 e. The molecule has 126 valence electrons. The van der Waals surface area contributed by atoms with Crippen LogP contribution >= 0.6 is 0 Å². The standard InChI is InChI=1S/C16H22F4O2/c1-9(2)5-7-21-15-11(17)13(19)16(14(20)12(15)18)22-8-6-10(3)4/h9-10H,5-8H2,1-4H3. The molecule has 0 saturated heterocycles. The van der Waals surface area contributed by atoms with Crippen LogP contribution in [0.4, 0.5) is 17.6 Å². The van der Waals surface area contributed by atoms with Gasteiger partial charge in [-0.25, -0.2) is 0 Å². The van der Waals surface area contributed by atoms with E-state index >= 15 is 0 Å². The first kappa shape index (κ1) is 18.6. The average molecular weight is 322 g/mol. The molecule has 0 bridgehead atoms. The Morgan fingerprint density at radius 3 is 1.14 bits per heavy atom. The molecule has 2 nitrogen and oxygen atoms in total. The summed E-state index contributed by atoms with van der Waals surface area (Å²) in [5.74, 6) is -7.87. The Hall–Kier alpha value is -1.46. The lowest BCUT2D eigenvalue weighted by Gasteiger charge is -2.14. The van der Waals surface area contributed by atoms with Gasteiger partial charge in [-0.1, -0.05) is 27.7 Å². The average Bonchev–Trinajstić information content (AvgIpc) is 2.43. The maximum atomic E-state index is 13.8. The molecule has 0 atom stereocenters. The fourth-order valence-corrected chi connectivity index (χ4v) is 1.64. The van der Waals surface area contributed by atoms with E-state index in [-0.39, 0.29) is 25.0 Å². The molecule has 0 N–H and O–H groups in total. The minimum absolute atomic E-state index is 0.0298. The van der Waals surface area contributed by atoms with Gasteiger partial charge in [-0.2, -0.15) is 17.6 Å². The van der Waals surface area contributed by atoms with Gasteiger partial charge in [0.15, 0.2) is 11.5 Å². The van der Waals surface area contributed by atoms with Crippen molar-refractivity contribution in [3.8, 4) is 11.5 Å². The number of hydrogen-bond donors (Lipinski definition) is 0. The molecule has 22 heavy (non-hydrogen) atoms. The largest absolute Gasteiger partial charge is 0.487 e. The second-order valence-corrected chi connectivity index (χ2v) is 5.98. The van der Waals surface area contributed by atoms with Gasteiger partial charge in [-0.3, -0.25) is 0 Å². The summed E-state index contributed by atoms with van der Waals surface area (Å²) in [6.45, 7) is 7.51. The normalized spacial score (nSPS) is 11.4. The quantitative estimate of drug-likeness (QED) is 0.490. The molecule has 1 aromatic carbocycles. The van der Waals surface area contributed by atoms with Crippen LogP contribution in [0, 0.1) is 35.1 Å². The zero-order chi connectivity index (χ0) is 16.9. The molecule has 0 unspecified atom stereocenters. The van der Waals surface area contributed by atoms with Crippen molar-refractivity contribution in [3.05, 3.63) is 23.3 Å². The van der Waals surface area contributed by atoms with Crippen molar-refractivity contribution in [2.75, 3.05) is 13.2 Å². The smallest absolute Gasteiger partial charge is 0.207 e. The van der Waals surface area contributed by atoms with E-state index in [2.05, 4.69) is 0 Å². The summed E-state index contributed by atoms with van der Waals surface area (Å²) in [6.07, 6.45) is 1.02. The molecule has 0 amide bonds. The Bertz CT molecular complexity index is 427. The van der Waals surface area contributed by atoms with E-state index in [4.69, 9.17) is 9.47 Å². The van der Waals surface area contributed by atoms with Crippen LogP contribution in [0.3, 0.4) is 0 Å². The van der Waals surface area contributed by atoms with Crippen molar-refractivity contribution in [3.63, 3.8) is 0 Å². The van der Waals surface area contributed by atoms with E-state index in [0.717, 1.165) is 0 Å². The van der Waals surface area contributed by atoms with Crippen LogP contribution in [-0.2, 0) is 0 Å². The van der Waals surface area contributed by atoms with E-state index in [1.807, 2.05) is 27.7 Å². The predicted octanol–water partition coefficient (Wildman–Crippen LogP) is 5.09. The number of ether oxygens (including phenoxy) is 2. The van der Waals surface area contributed by atoms with Crippen LogP contribution in [0.2, 0.25) is 0 Å². The zero-order valence-electron chi connectivity index (χ0n) is 13.3. The van der Waals surface area contributed by atoms with Gasteiger partial charge >= 0.3 is 0 Å². The first-order valence-electron chi connectivity index (χ1n) is 7.37. The molecule has 0 saturated carbocycles. The number of rotatable bonds is 8. The topological polar surface area (TPSA) is 18.5 Å². The summed E-state index contributed by atoms with van der Waals surface area (Å²) in [7, 11) is 0. The molecule has 0 aliphatic carbocycles. The molecule has 1 rings (SSSR count). The van der Waals surface area contributed by atoms with Gasteiger partial charge in [-0.05, 0) is 24.7 Å². The van der Waals surface area contributed by atoms with Crippen LogP contribution in [0.1, 0.15) is 40.5 Å². The number of hydrogen-bond acceptors (Lipinski definition) is 2. The summed E-state index contributed by atoms with van der Waals surface area (Å²) in [4.78, 5) is 0. The Balaban J connectivity index is 2.94. The van der Waals surface area contributed by atoms with Crippen molar-refractivity contribution in [2.45, 2.75) is 40.5 Å². The van der Waals surface area contributed by atoms with E-state index in [0.29, 0.717) is 12.8 Å². The predicted molar refractivity (Wildman–Crippen MR) is 76.2 cm³/mol. The van der Waals surface area contributed by atoms with Gasteiger partial charge in [0.2, 0.25) is 23.3 Å². The van der Waals surface area contributed by atoms with Crippen molar-refractivity contribution >= 4 is 0 Å².